The maximum atomic E-state index is 4.12. The molecule has 1 aromatic heterocycles. The molecule has 0 saturated carbocycles. The van der Waals surface area contributed by atoms with Crippen LogP contribution in [-0.4, -0.2) is 4.98 Å². The molecule has 0 aliphatic rings. The first-order chi connectivity index (χ1) is 4.79. The van der Waals surface area contributed by atoms with Gasteiger partial charge in [-0.1, -0.05) is 19.9 Å². The van der Waals surface area contributed by atoms with Crippen molar-refractivity contribution in [3.8, 4) is 0 Å². The molecule has 0 spiro atoms. The van der Waals surface area contributed by atoms with Crippen LogP contribution in [0.5, 0.6) is 0 Å². The Kier molecular flexibility index (Phi) is 2.63. The molecule has 0 aliphatic carbocycles. The summed E-state index contributed by atoms with van der Waals surface area (Å²) in [5.41, 5.74) is 0. The minimum atomic E-state index is 0.615. The average Bonchev–Trinajstić information content (AvgIpc) is 2.34. The third kappa shape index (κ3) is 2.31. The standard InChI is InChI=1S/C8H11NS/c1-7(2)3-4-8-9-5-6-10-8/h3-7H,1-2H3. The van der Waals surface area contributed by atoms with Crippen LogP contribution in [0.15, 0.2) is 17.7 Å². The number of allylic oxidation sites excluding steroid dienone is 1. The van der Waals surface area contributed by atoms with Crippen molar-refractivity contribution in [2.75, 3.05) is 0 Å². The van der Waals surface area contributed by atoms with Crippen molar-refractivity contribution in [3.63, 3.8) is 0 Å². The highest BCUT2D eigenvalue weighted by molar-refractivity contribution is 7.10. The molecule has 10 heavy (non-hydrogen) atoms. The SMILES string of the molecule is CC(C)C=Cc1nccs1. The van der Waals surface area contributed by atoms with Gasteiger partial charge in [-0.3, -0.25) is 0 Å². The second kappa shape index (κ2) is 3.52. The Labute approximate surface area is 65.4 Å². The Hall–Kier alpha value is -0.630. The third-order valence-electron chi connectivity index (χ3n) is 1.08. The van der Waals surface area contributed by atoms with Gasteiger partial charge in [0.2, 0.25) is 0 Å². The van der Waals surface area contributed by atoms with Gasteiger partial charge in [-0.05, 0) is 12.0 Å². The molecule has 1 aromatic rings. The first-order valence-electron chi connectivity index (χ1n) is 3.37. The van der Waals surface area contributed by atoms with Crippen LogP contribution in [0, 0.1) is 5.92 Å². The van der Waals surface area contributed by atoms with Crippen LogP contribution >= 0.6 is 11.3 Å². The van der Waals surface area contributed by atoms with E-state index in [1.165, 1.54) is 0 Å². The lowest BCUT2D eigenvalue weighted by Gasteiger charge is -1.89. The first-order valence-corrected chi connectivity index (χ1v) is 4.24. The fourth-order valence-corrected chi connectivity index (χ4v) is 1.13. The molecule has 1 nitrogen and oxygen atoms in total. The Morgan fingerprint density at radius 2 is 2.40 bits per heavy atom. The van der Waals surface area contributed by atoms with E-state index in [-0.39, 0.29) is 0 Å². The summed E-state index contributed by atoms with van der Waals surface area (Å²) in [4.78, 5) is 4.12. The van der Waals surface area contributed by atoms with Crippen molar-refractivity contribution in [1.29, 1.82) is 0 Å². The number of hydrogen-bond donors (Lipinski definition) is 0. The summed E-state index contributed by atoms with van der Waals surface area (Å²) in [6.07, 6.45) is 6.04. The van der Waals surface area contributed by atoms with Gasteiger partial charge in [-0.25, -0.2) is 4.98 Å². The summed E-state index contributed by atoms with van der Waals surface area (Å²) in [5.74, 6) is 0.615. The van der Waals surface area contributed by atoms with Crippen LogP contribution in [0.3, 0.4) is 0 Å². The van der Waals surface area contributed by atoms with Crippen molar-refractivity contribution in [3.05, 3.63) is 22.7 Å². The third-order valence-corrected chi connectivity index (χ3v) is 1.82. The Morgan fingerprint density at radius 3 is 2.90 bits per heavy atom. The normalized spacial score (nSPS) is 11.5. The largest absolute Gasteiger partial charge is 0.245 e. The van der Waals surface area contributed by atoms with E-state index in [9.17, 15) is 0 Å². The van der Waals surface area contributed by atoms with Crippen LogP contribution in [0.4, 0.5) is 0 Å². The smallest absolute Gasteiger partial charge is 0.115 e. The number of aromatic nitrogens is 1. The molecule has 2 heteroatoms. The van der Waals surface area contributed by atoms with Gasteiger partial charge >= 0.3 is 0 Å². The van der Waals surface area contributed by atoms with E-state index >= 15 is 0 Å². The summed E-state index contributed by atoms with van der Waals surface area (Å²) in [6.45, 7) is 4.31. The van der Waals surface area contributed by atoms with Crippen LogP contribution in [-0.2, 0) is 0 Å². The maximum absolute atomic E-state index is 4.12. The second-order valence-electron chi connectivity index (χ2n) is 2.47. The zero-order chi connectivity index (χ0) is 7.40. The molecule has 54 valence electrons. The maximum Gasteiger partial charge on any atom is 0.115 e. The molecular formula is C8H11NS. The van der Waals surface area contributed by atoms with Crippen molar-refractivity contribution < 1.29 is 0 Å². The molecule has 0 fully saturated rings. The van der Waals surface area contributed by atoms with Crippen molar-refractivity contribution in [1.82, 2.24) is 4.98 Å². The van der Waals surface area contributed by atoms with Gasteiger partial charge in [0.1, 0.15) is 5.01 Å². The minimum Gasteiger partial charge on any atom is -0.245 e. The molecule has 0 saturated heterocycles. The quantitative estimate of drug-likeness (QED) is 0.636. The Balaban J connectivity index is 2.55. The topological polar surface area (TPSA) is 12.9 Å². The van der Waals surface area contributed by atoms with Crippen molar-refractivity contribution in [2.45, 2.75) is 13.8 Å². The molecule has 0 amide bonds. The predicted molar refractivity (Wildman–Crippen MR) is 46.0 cm³/mol. The number of nitrogens with zero attached hydrogens (tertiary/aromatic N) is 1. The minimum absolute atomic E-state index is 0.615. The molecule has 0 radical (unpaired) electrons. The molecular weight excluding hydrogens is 142 g/mol. The monoisotopic (exact) mass is 153 g/mol. The summed E-state index contributed by atoms with van der Waals surface area (Å²) < 4.78 is 0. The molecule has 0 aromatic carbocycles. The van der Waals surface area contributed by atoms with E-state index < -0.39 is 0 Å². The molecule has 0 N–H and O–H groups in total. The number of rotatable bonds is 2. The van der Waals surface area contributed by atoms with Crippen molar-refractivity contribution >= 4 is 17.4 Å². The van der Waals surface area contributed by atoms with E-state index in [0.717, 1.165) is 5.01 Å². The van der Waals surface area contributed by atoms with Gasteiger partial charge in [-0.2, -0.15) is 0 Å². The van der Waals surface area contributed by atoms with Gasteiger partial charge in [0.05, 0.1) is 0 Å². The van der Waals surface area contributed by atoms with Crippen LogP contribution in [0.25, 0.3) is 6.08 Å². The highest BCUT2D eigenvalue weighted by Gasteiger charge is 1.87. The lowest BCUT2D eigenvalue weighted by atomic mass is 10.2. The average molecular weight is 153 g/mol. The summed E-state index contributed by atoms with van der Waals surface area (Å²) in [6, 6.07) is 0. The highest BCUT2D eigenvalue weighted by Crippen LogP contribution is 2.07. The van der Waals surface area contributed by atoms with Gasteiger partial charge < -0.3 is 0 Å². The zero-order valence-corrected chi connectivity index (χ0v) is 7.06. The first kappa shape index (κ1) is 7.48. The molecule has 1 heterocycles. The van der Waals surface area contributed by atoms with Crippen molar-refractivity contribution in [2.24, 2.45) is 5.92 Å². The van der Waals surface area contributed by atoms with E-state index in [2.05, 4.69) is 31.0 Å². The highest BCUT2D eigenvalue weighted by atomic mass is 32.1. The summed E-state index contributed by atoms with van der Waals surface area (Å²) >= 11 is 1.67. The van der Waals surface area contributed by atoms with Gasteiger partial charge in [0.25, 0.3) is 0 Å². The van der Waals surface area contributed by atoms with Gasteiger partial charge in [-0.15, -0.1) is 11.3 Å². The van der Waals surface area contributed by atoms with E-state index in [1.807, 2.05) is 11.6 Å². The fraction of sp³-hybridized carbons (Fsp3) is 0.375. The molecule has 0 aliphatic heterocycles. The lowest BCUT2D eigenvalue weighted by Crippen LogP contribution is -1.76. The van der Waals surface area contributed by atoms with E-state index in [1.54, 1.807) is 11.3 Å². The van der Waals surface area contributed by atoms with Crippen LogP contribution < -0.4 is 0 Å². The zero-order valence-electron chi connectivity index (χ0n) is 6.24. The van der Waals surface area contributed by atoms with Gasteiger partial charge in [0.15, 0.2) is 0 Å². The predicted octanol–water partition coefficient (Wildman–Crippen LogP) is 2.81. The number of thiazole rings is 1. The van der Waals surface area contributed by atoms with E-state index in [4.69, 9.17) is 0 Å². The Bertz CT molecular complexity index is 199. The Morgan fingerprint density at radius 1 is 1.60 bits per heavy atom. The summed E-state index contributed by atoms with van der Waals surface area (Å²) in [7, 11) is 0. The molecule has 0 bridgehead atoms. The van der Waals surface area contributed by atoms with E-state index in [0.29, 0.717) is 5.92 Å². The molecule has 0 atom stereocenters. The van der Waals surface area contributed by atoms with Gasteiger partial charge in [0, 0.05) is 11.6 Å². The van der Waals surface area contributed by atoms with Crippen LogP contribution in [0.2, 0.25) is 0 Å². The molecule has 0 unspecified atom stereocenters. The number of hydrogen-bond acceptors (Lipinski definition) is 2. The fourth-order valence-electron chi connectivity index (χ4n) is 0.592. The summed E-state index contributed by atoms with van der Waals surface area (Å²) in [5, 5.41) is 3.08. The van der Waals surface area contributed by atoms with Crippen LogP contribution in [0.1, 0.15) is 18.9 Å². The second-order valence-corrected chi connectivity index (χ2v) is 3.40. The lowest BCUT2D eigenvalue weighted by molar-refractivity contribution is 0.836. The molecule has 1 rings (SSSR count).